The number of methoxy groups -OCH3 is 1. The van der Waals surface area contributed by atoms with Gasteiger partial charge in [0.15, 0.2) is 0 Å². The van der Waals surface area contributed by atoms with Crippen molar-refractivity contribution in [2.24, 2.45) is 5.92 Å². The van der Waals surface area contributed by atoms with E-state index in [1.165, 1.54) is 0 Å². The molecule has 0 aliphatic carbocycles. The molecule has 0 atom stereocenters. The minimum atomic E-state index is -1.07. The van der Waals surface area contributed by atoms with Crippen LogP contribution in [0.2, 0.25) is 0 Å². The molecule has 0 radical (unpaired) electrons. The van der Waals surface area contributed by atoms with Crippen LogP contribution >= 0.6 is 0 Å². The highest BCUT2D eigenvalue weighted by atomic mass is 16.5. The number of benzene rings is 3. The number of piperidine rings is 1. The topological polar surface area (TPSA) is 49.8 Å². The number of amides is 1. The molecule has 154 valence electrons. The third-order valence-electron chi connectivity index (χ3n) is 6.14. The van der Waals surface area contributed by atoms with E-state index in [1.54, 1.807) is 19.2 Å². The Hall–Kier alpha value is -3.11. The molecule has 4 nitrogen and oxygen atoms in total. The van der Waals surface area contributed by atoms with Crippen molar-refractivity contribution in [3.8, 4) is 5.75 Å². The fourth-order valence-corrected chi connectivity index (χ4v) is 4.44. The monoisotopic (exact) mass is 401 g/mol. The molecule has 1 saturated heterocycles. The van der Waals surface area contributed by atoms with E-state index in [9.17, 15) is 9.90 Å². The molecule has 3 aromatic rings. The van der Waals surface area contributed by atoms with Gasteiger partial charge in [-0.25, -0.2) is 0 Å². The van der Waals surface area contributed by atoms with Gasteiger partial charge in [0.2, 0.25) is 0 Å². The second-order valence-corrected chi connectivity index (χ2v) is 7.79. The van der Waals surface area contributed by atoms with Crippen LogP contribution in [-0.2, 0) is 5.60 Å². The standard InChI is InChI=1S/C26H27NO3/c1-30-24-14-12-20(13-15-24)25(28)27-18-16-23(17-19-27)26(29,21-8-4-2-5-9-21)22-10-6-3-7-11-22/h2-15,23,29H,16-19H2,1H3. The molecular weight excluding hydrogens is 374 g/mol. The first-order chi connectivity index (χ1) is 14.6. The van der Waals surface area contributed by atoms with E-state index in [2.05, 4.69) is 0 Å². The summed E-state index contributed by atoms with van der Waals surface area (Å²) in [6.07, 6.45) is 1.48. The van der Waals surface area contributed by atoms with Gasteiger partial charge in [-0.2, -0.15) is 0 Å². The molecule has 1 heterocycles. The Morgan fingerprint density at radius 3 is 1.83 bits per heavy atom. The summed E-state index contributed by atoms with van der Waals surface area (Å²) in [7, 11) is 1.61. The van der Waals surface area contributed by atoms with Crippen molar-refractivity contribution in [2.45, 2.75) is 18.4 Å². The average molecular weight is 402 g/mol. The second kappa shape index (κ2) is 8.72. The third-order valence-corrected chi connectivity index (χ3v) is 6.14. The lowest BCUT2D eigenvalue weighted by Gasteiger charge is -2.42. The van der Waals surface area contributed by atoms with Gasteiger partial charge >= 0.3 is 0 Å². The minimum absolute atomic E-state index is 0.0269. The van der Waals surface area contributed by atoms with Gasteiger partial charge in [0, 0.05) is 18.7 Å². The van der Waals surface area contributed by atoms with Crippen molar-refractivity contribution in [3.05, 3.63) is 102 Å². The minimum Gasteiger partial charge on any atom is -0.497 e. The number of hydrogen-bond donors (Lipinski definition) is 1. The summed E-state index contributed by atoms with van der Waals surface area (Å²) in [5.74, 6) is 0.794. The Labute approximate surface area is 177 Å². The number of nitrogens with zero attached hydrogens (tertiary/aromatic N) is 1. The van der Waals surface area contributed by atoms with E-state index < -0.39 is 5.60 Å². The number of carbonyl (C=O) groups excluding carboxylic acids is 1. The number of ether oxygens (including phenoxy) is 1. The molecule has 1 fully saturated rings. The van der Waals surface area contributed by atoms with E-state index in [-0.39, 0.29) is 11.8 Å². The van der Waals surface area contributed by atoms with Crippen LogP contribution < -0.4 is 4.74 Å². The van der Waals surface area contributed by atoms with Crippen LogP contribution in [0, 0.1) is 5.92 Å². The first-order valence-electron chi connectivity index (χ1n) is 10.4. The summed E-state index contributed by atoms with van der Waals surface area (Å²) in [4.78, 5) is 14.8. The van der Waals surface area contributed by atoms with Gasteiger partial charge in [-0.15, -0.1) is 0 Å². The van der Waals surface area contributed by atoms with E-state index >= 15 is 0 Å². The molecule has 0 unspecified atom stereocenters. The maximum absolute atomic E-state index is 12.9. The van der Waals surface area contributed by atoms with Crippen LogP contribution in [0.15, 0.2) is 84.9 Å². The summed E-state index contributed by atoms with van der Waals surface area (Å²) in [5.41, 5.74) is 1.39. The lowest BCUT2D eigenvalue weighted by molar-refractivity contribution is -0.0122. The van der Waals surface area contributed by atoms with Gasteiger partial charge in [0.1, 0.15) is 11.4 Å². The van der Waals surface area contributed by atoms with Gasteiger partial charge < -0.3 is 14.7 Å². The smallest absolute Gasteiger partial charge is 0.253 e. The van der Waals surface area contributed by atoms with Crippen molar-refractivity contribution in [2.75, 3.05) is 20.2 Å². The van der Waals surface area contributed by atoms with E-state index in [4.69, 9.17) is 4.74 Å². The van der Waals surface area contributed by atoms with Gasteiger partial charge in [-0.3, -0.25) is 4.79 Å². The summed E-state index contributed by atoms with van der Waals surface area (Å²) in [6.45, 7) is 1.25. The van der Waals surface area contributed by atoms with Gasteiger partial charge in [0.05, 0.1) is 7.11 Å². The predicted molar refractivity (Wildman–Crippen MR) is 118 cm³/mol. The largest absolute Gasteiger partial charge is 0.497 e. The quantitative estimate of drug-likeness (QED) is 0.686. The summed E-state index contributed by atoms with van der Waals surface area (Å²) in [6, 6.07) is 27.0. The van der Waals surface area contributed by atoms with E-state index in [0.29, 0.717) is 18.7 Å². The van der Waals surface area contributed by atoms with Crippen molar-refractivity contribution < 1.29 is 14.6 Å². The van der Waals surface area contributed by atoms with Crippen LogP contribution in [-0.4, -0.2) is 36.1 Å². The number of likely N-dealkylation sites (tertiary alicyclic amines) is 1. The molecular formula is C26H27NO3. The number of rotatable bonds is 5. The molecule has 0 aromatic heterocycles. The fourth-order valence-electron chi connectivity index (χ4n) is 4.44. The van der Waals surface area contributed by atoms with E-state index in [1.807, 2.05) is 77.7 Å². The Kier molecular flexibility index (Phi) is 5.86. The van der Waals surface area contributed by atoms with Crippen molar-refractivity contribution in [1.82, 2.24) is 4.90 Å². The molecule has 3 aromatic carbocycles. The molecule has 4 heteroatoms. The average Bonchev–Trinajstić information content (AvgIpc) is 2.84. The molecule has 1 aliphatic heterocycles. The number of hydrogen-bond acceptors (Lipinski definition) is 3. The molecule has 0 saturated carbocycles. The van der Waals surface area contributed by atoms with Crippen LogP contribution in [0.3, 0.4) is 0 Å². The molecule has 0 spiro atoms. The van der Waals surface area contributed by atoms with Crippen LogP contribution in [0.5, 0.6) is 5.75 Å². The Morgan fingerprint density at radius 2 is 1.37 bits per heavy atom. The Bertz CT molecular complexity index is 923. The molecule has 30 heavy (non-hydrogen) atoms. The van der Waals surface area contributed by atoms with Gasteiger partial charge in [-0.1, -0.05) is 60.7 Å². The summed E-state index contributed by atoms with van der Waals surface area (Å²) < 4.78 is 5.18. The molecule has 0 bridgehead atoms. The number of aliphatic hydroxyl groups is 1. The predicted octanol–water partition coefficient (Wildman–Crippen LogP) is 4.48. The summed E-state index contributed by atoms with van der Waals surface area (Å²) in [5, 5.41) is 12.0. The highest BCUT2D eigenvalue weighted by Crippen LogP contribution is 2.42. The SMILES string of the molecule is COc1ccc(C(=O)N2CCC(C(O)(c3ccccc3)c3ccccc3)CC2)cc1. The zero-order valence-corrected chi connectivity index (χ0v) is 17.2. The highest BCUT2D eigenvalue weighted by Gasteiger charge is 2.42. The fraction of sp³-hybridized carbons (Fsp3) is 0.269. The van der Waals surface area contributed by atoms with Crippen molar-refractivity contribution in [1.29, 1.82) is 0 Å². The first-order valence-corrected chi connectivity index (χ1v) is 10.4. The maximum atomic E-state index is 12.9. The number of carbonyl (C=O) groups is 1. The van der Waals surface area contributed by atoms with Crippen LogP contribution in [0.25, 0.3) is 0 Å². The maximum Gasteiger partial charge on any atom is 0.253 e. The normalized spacial score (nSPS) is 15.1. The summed E-state index contributed by atoms with van der Waals surface area (Å²) >= 11 is 0. The van der Waals surface area contributed by atoms with E-state index in [0.717, 1.165) is 29.7 Å². The lowest BCUT2D eigenvalue weighted by Crippen LogP contribution is -2.46. The van der Waals surface area contributed by atoms with Crippen molar-refractivity contribution in [3.63, 3.8) is 0 Å². The lowest BCUT2D eigenvalue weighted by atomic mass is 9.72. The molecule has 4 rings (SSSR count). The zero-order chi connectivity index (χ0) is 21.0. The zero-order valence-electron chi connectivity index (χ0n) is 17.2. The Balaban J connectivity index is 1.54. The molecule has 1 N–H and O–H groups in total. The third kappa shape index (κ3) is 3.83. The highest BCUT2D eigenvalue weighted by molar-refractivity contribution is 5.94. The molecule has 1 aliphatic rings. The van der Waals surface area contributed by atoms with Crippen molar-refractivity contribution >= 4 is 5.91 Å². The van der Waals surface area contributed by atoms with Gasteiger partial charge in [-0.05, 0) is 54.2 Å². The second-order valence-electron chi connectivity index (χ2n) is 7.79. The van der Waals surface area contributed by atoms with Crippen LogP contribution in [0.1, 0.15) is 34.3 Å². The Morgan fingerprint density at radius 1 is 0.867 bits per heavy atom. The van der Waals surface area contributed by atoms with Crippen LogP contribution in [0.4, 0.5) is 0 Å². The first kappa shape index (κ1) is 20.2. The van der Waals surface area contributed by atoms with Gasteiger partial charge in [0.25, 0.3) is 5.91 Å². The molecule has 1 amide bonds.